The molecule has 1 saturated heterocycles. The molecule has 0 bridgehead atoms. The molecule has 1 atom stereocenters. The Morgan fingerprint density at radius 2 is 1.87 bits per heavy atom. The molecule has 0 aliphatic carbocycles. The standard InChI is InChI=1S/C21H20FN3O4S/c1-3-25-18(26)12-17(19(27)23-15-10-6-14(22)7-11-15)30-21(25)24-16-8-4-13(5-9-16)20(28)29-2/h4-11,17H,3,12H2,1-2H3,(H,23,27)/t17-/m1/s1. The van der Waals surface area contributed by atoms with Crippen LogP contribution in [0.15, 0.2) is 53.5 Å². The van der Waals surface area contributed by atoms with Gasteiger partial charge in [0.2, 0.25) is 11.8 Å². The van der Waals surface area contributed by atoms with E-state index in [1.54, 1.807) is 24.3 Å². The lowest BCUT2D eigenvalue weighted by Gasteiger charge is -2.30. The fourth-order valence-corrected chi connectivity index (χ4v) is 3.97. The van der Waals surface area contributed by atoms with Gasteiger partial charge in [-0.15, -0.1) is 0 Å². The Balaban J connectivity index is 1.79. The van der Waals surface area contributed by atoms with Crippen molar-refractivity contribution in [2.45, 2.75) is 18.6 Å². The Morgan fingerprint density at radius 1 is 1.20 bits per heavy atom. The van der Waals surface area contributed by atoms with E-state index in [0.717, 1.165) is 0 Å². The van der Waals surface area contributed by atoms with Gasteiger partial charge >= 0.3 is 5.97 Å². The number of halogens is 1. The predicted molar refractivity (Wildman–Crippen MR) is 113 cm³/mol. The van der Waals surface area contributed by atoms with Gasteiger partial charge in [0.05, 0.1) is 18.4 Å². The molecule has 9 heteroatoms. The summed E-state index contributed by atoms with van der Waals surface area (Å²) in [5.74, 6) is -1.42. The summed E-state index contributed by atoms with van der Waals surface area (Å²) < 4.78 is 17.7. The number of carbonyl (C=O) groups is 3. The summed E-state index contributed by atoms with van der Waals surface area (Å²) in [7, 11) is 1.30. The van der Waals surface area contributed by atoms with Crippen molar-refractivity contribution in [2.75, 3.05) is 19.0 Å². The zero-order valence-electron chi connectivity index (χ0n) is 16.4. The van der Waals surface area contributed by atoms with Crippen molar-refractivity contribution in [3.63, 3.8) is 0 Å². The van der Waals surface area contributed by atoms with E-state index in [1.165, 1.54) is 48.0 Å². The molecule has 7 nitrogen and oxygen atoms in total. The van der Waals surface area contributed by atoms with Gasteiger partial charge in [-0.05, 0) is 55.5 Å². The number of hydrogen-bond acceptors (Lipinski definition) is 6. The summed E-state index contributed by atoms with van der Waals surface area (Å²) in [5, 5.41) is 2.43. The lowest BCUT2D eigenvalue weighted by Crippen LogP contribution is -2.45. The van der Waals surface area contributed by atoms with Gasteiger partial charge in [0, 0.05) is 18.7 Å². The molecular formula is C21H20FN3O4S. The largest absolute Gasteiger partial charge is 0.465 e. The van der Waals surface area contributed by atoms with Crippen molar-refractivity contribution in [3.05, 3.63) is 59.9 Å². The van der Waals surface area contributed by atoms with Crippen LogP contribution in [0.4, 0.5) is 15.8 Å². The average molecular weight is 429 g/mol. The summed E-state index contributed by atoms with van der Waals surface area (Å²) in [6.07, 6.45) is 0.0336. The van der Waals surface area contributed by atoms with Crippen molar-refractivity contribution in [1.29, 1.82) is 0 Å². The van der Waals surface area contributed by atoms with Gasteiger partial charge in [-0.25, -0.2) is 14.2 Å². The molecule has 2 aromatic carbocycles. The highest BCUT2D eigenvalue weighted by molar-refractivity contribution is 8.15. The molecule has 1 N–H and O–H groups in total. The number of rotatable bonds is 5. The number of carbonyl (C=O) groups excluding carboxylic acids is 3. The van der Waals surface area contributed by atoms with Crippen LogP contribution < -0.4 is 5.32 Å². The van der Waals surface area contributed by atoms with Crippen LogP contribution in [0.1, 0.15) is 23.7 Å². The van der Waals surface area contributed by atoms with E-state index < -0.39 is 17.0 Å². The minimum absolute atomic E-state index is 0.0336. The van der Waals surface area contributed by atoms with Crippen LogP contribution in [0.5, 0.6) is 0 Å². The number of benzene rings is 2. The minimum atomic E-state index is -0.668. The van der Waals surface area contributed by atoms with Crippen LogP contribution in [-0.2, 0) is 14.3 Å². The number of amidine groups is 1. The van der Waals surface area contributed by atoms with Crippen molar-refractivity contribution >= 4 is 46.1 Å². The van der Waals surface area contributed by atoms with Crippen molar-refractivity contribution < 1.29 is 23.5 Å². The fourth-order valence-electron chi connectivity index (χ4n) is 2.81. The van der Waals surface area contributed by atoms with Crippen molar-refractivity contribution in [2.24, 2.45) is 4.99 Å². The molecule has 1 aliphatic heterocycles. The third-order valence-corrected chi connectivity index (χ3v) is 5.56. The second kappa shape index (κ2) is 9.53. The molecule has 0 aromatic heterocycles. The number of hydrogen-bond donors (Lipinski definition) is 1. The Labute approximate surface area is 177 Å². The number of methoxy groups -OCH3 is 1. The number of nitrogens with zero attached hydrogens (tertiary/aromatic N) is 2. The van der Waals surface area contributed by atoms with Gasteiger partial charge in [0.25, 0.3) is 0 Å². The molecule has 1 aliphatic rings. The first-order valence-corrected chi connectivity index (χ1v) is 10.1. The van der Waals surface area contributed by atoms with Gasteiger partial charge in [-0.1, -0.05) is 11.8 Å². The number of ether oxygens (including phenoxy) is 1. The van der Waals surface area contributed by atoms with Crippen molar-refractivity contribution in [3.8, 4) is 0 Å². The van der Waals surface area contributed by atoms with E-state index in [0.29, 0.717) is 28.7 Å². The number of esters is 1. The molecule has 0 spiro atoms. The van der Waals surface area contributed by atoms with Crippen LogP contribution in [0.2, 0.25) is 0 Å². The van der Waals surface area contributed by atoms with E-state index in [4.69, 9.17) is 0 Å². The molecule has 3 rings (SSSR count). The topological polar surface area (TPSA) is 88.1 Å². The molecule has 30 heavy (non-hydrogen) atoms. The first-order chi connectivity index (χ1) is 14.4. The molecule has 156 valence electrons. The summed E-state index contributed by atoms with van der Waals surface area (Å²) in [5.41, 5.74) is 1.37. The number of nitrogens with one attached hydrogen (secondary N) is 1. The number of thioether (sulfide) groups is 1. The first kappa shape index (κ1) is 21.5. The van der Waals surface area contributed by atoms with E-state index in [-0.39, 0.29) is 18.2 Å². The van der Waals surface area contributed by atoms with Crippen LogP contribution in [0, 0.1) is 5.82 Å². The summed E-state index contributed by atoms with van der Waals surface area (Å²) in [6.45, 7) is 2.24. The molecule has 2 aromatic rings. The van der Waals surface area contributed by atoms with Crippen LogP contribution in [0.3, 0.4) is 0 Å². The van der Waals surface area contributed by atoms with Gasteiger partial charge in [-0.3, -0.25) is 14.5 Å². The van der Waals surface area contributed by atoms with E-state index in [1.807, 2.05) is 6.92 Å². The Kier molecular flexibility index (Phi) is 6.83. The smallest absolute Gasteiger partial charge is 0.337 e. The number of amides is 2. The molecule has 1 heterocycles. The first-order valence-electron chi connectivity index (χ1n) is 9.21. The quantitative estimate of drug-likeness (QED) is 0.734. The summed E-state index contributed by atoms with van der Waals surface area (Å²) in [6, 6.07) is 11.8. The highest BCUT2D eigenvalue weighted by Gasteiger charge is 2.35. The molecule has 2 amide bonds. The second-order valence-electron chi connectivity index (χ2n) is 6.38. The maximum absolute atomic E-state index is 13.1. The molecular weight excluding hydrogens is 409 g/mol. The molecule has 1 fully saturated rings. The Hall–Kier alpha value is -3.20. The normalized spacial score (nSPS) is 17.7. The van der Waals surface area contributed by atoms with Crippen molar-refractivity contribution in [1.82, 2.24) is 4.90 Å². The van der Waals surface area contributed by atoms with E-state index in [2.05, 4.69) is 15.0 Å². The van der Waals surface area contributed by atoms with Gasteiger partial charge in [0.1, 0.15) is 11.1 Å². The van der Waals surface area contributed by atoms with Gasteiger partial charge in [0.15, 0.2) is 5.17 Å². The SMILES string of the molecule is CCN1C(=O)C[C@H](C(=O)Nc2ccc(F)cc2)SC1=Nc1ccc(C(=O)OC)cc1. The molecule has 0 unspecified atom stereocenters. The lowest BCUT2D eigenvalue weighted by molar-refractivity contribution is -0.129. The van der Waals surface area contributed by atoms with Gasteiger partial charge in [-0.2, -0.15) is 0 Å². The van der Waals surface area contributed by atoms with Crippen LogP contribution >= 0.6 is 11.8 Å². The maximum atomic E-state index is 13.1. The predicted octanol–water partition coefficient (Wildman–Crippen LogP) is 3.59. The van der Waals surface area contributed by atoms with E-state index >= 15 is 0 Å². The fraction of sp³-hybridized carbons (Fsp3) is 0.238. The summed E-state index contributed by atoms with van der Waals surface area (Å²) in [4.78, 5) is 42.8. The molecule has 0 saturated carbocycles. The lowest BCUT2D eigenvalue weighted by atomic mass is 10.2. The van der Waals surface area contributed by atoms with E-state index in [9.17, 15) is 18.8 Å². The average Bonchev–Trinajstić information content (AvgIpc) is 2.75. The highest BCUT2D eigenvalue weighted by Crippen LogP contribution is 2.30. The van der Waals surface area contributed by atoms with Crippen LogP contribution in [-0.4, -0.2) is 46.8 Å². The monoisotopic (exact) mass is 429 g/mol. The zero-order valence-corrected chi connectivity index (χ0v) is 17.2. The Bertz CT molecular complexity index is 977. The number of aliphatic imine (C=N–C) groups is 1. The molecule has 0 radical (unpaired) electrons. The third-order valence-electron chi connectivity index (χ3n) is 4.37. The maximum Gasteiger partial charge on any atom is 0.337 e. The highest BCUT2D eigenvalue weighted by atomic mass is 32.2. The van der Waals surface area contributed by atoms with Gasteiger partial charge < -0.3 is 10.1 Å². The van der Waals surface area contributed by atoms with Crippen LogP contribution in [0.25, 0.3) is 0 Å². The second-order valence-corrected chi connectivity index (χ2v) is 7.55. The number of anilines is 1. The Morgan fingerprint density at radius 3 is 2.47 bits per heavy atom. The summed E-state index contributed by atoms with van der Waals surface area (Å²) >= 11 is 1.19. The third kappa shape index (κ3) is 5.04. The minimum Gasteiger partial charge on any atom is -0.465 e. The zero-order chi connectivity index (χ0) is 21.7.